The third-order valence-corrected chi connectivity index (χ3v) is 8.20. The fourth-order valence-electron chi connectivity index (χ4n) is 4.58. The van der Waals surface area contributed by atoms with E-state index in [9.17, 15) is 34.6 Å². The Balaban J connectivity index is 1.50. The number of aromatic nitrogens is 1. The van der Waals surface area contributed by atoms with Crippen LogP contribution in [0.15, 0.2) is 51.6 Å². The van der Waals surface area contributed by atoms with Crippen molar-refractivity contribution in [3.63, 3.8) is 0 Å². The molecule has 38 heavy (non-hydrogen) atoms. The molecule has 2 atom stereocenters. The summed E-state index contributed by atoms with van der Waals surface area (Å²) in [5.41, 5.74) is 5.87. The second-order valence-electron chi connectivity index (χ2n) is 8.39. The number of nitrogens with zero attached hydrogens (tertiary/aromatic N) is 3. The standard InChI is InChI=1S/C23H20N6O7S2/c24-23-26-12(8-38-23)15(28-36)19(32)27-16-20(33)29-17(22(34)35)11(7-37-21(16)29)14(10-5-6-25-18(10)31)9-3-1-2-4-13(9)30/h1-4,8,16,21,30,36H,5-7H2,(H2,24,26)(H,25,31)(H,27,32)(H,34,35)/t16-,21-/m1/s1. The number of allylic oxidation sites excluding steroid dienone is 1. The highest BCUT2D eigenvalue weighted by molar-refractivity contribution is 8.00. The number of carbonyl (C=O) groups is 4. The lowest BCUT2D eigenvalue weighted by molar-refractivity contribution is -0.150. The van der Waals surface area contributed by atoms with Crippen molar-refractivity contribution in [3.8, 4) is 5.75 Å². The number of rotatable bonds is 6. The van der Waals surface area contributed by atoms with E-state index in [0.717, 1.165) is 16.2 Å². The number of amides is 3. The van der Waals surface area contributed by atoms with Gasteiger partial charge < -0.3 is 31.8 Å². The minimum absolute atomic E-state index is 0.0228. The lowest BCUT2D eigenvalue weighted by atomic mass is 9.89. The Hall–Kier alpha value is -4.37. The van der Waals surface area contributed by atoms with E-state index in [2.05, 4.69) is 20.8 Å². The van der Waals surface area contributed by atoms with Gasteiger partial charge in [0.1, 0.15) is 28.6 Å². The van der Waals surface area contributed by atoms with Crippen molar-refractivity contribution in [1.29, 1.82) is 0 Å². The lowest BCUT2D eigenvalue weighted by Gasteiger charge is -2.49. The van der Waals surface area contributed by atoms with Crippen LogP contribution < -0.4 is 16.4 Å². The van der Waals surface area contributed by atoms with Crippen LogP contribution in [0.25, 0.3) is 5.57 Å². The van der Waals surface area contributed by atoms with E-state index in [-0.39, 0.29) is 50.6 Å². The third kappa shape index (κ3) is 4.14. The maximum absolute atomic E-state index is 13.2. The van der Waals surface area contributed by atoms with E-state index in [1.807, 2.05) is 0 Å². The zero-order valence-corrected chi connectivity index (χ0v) is 21.0. The van der Waals surface area contributed by atoms with Crippen molar-refractivity contribution in [2.45, 2.75) is 17.8 Å². The number of aromatic hydroxyl groups is 1. The molecule has 1 aromatic heterocycles. The molecule has 0 unspecified atom stereocenters. The second kappa shape index (κ2) is 9.83. The van der Waals surface area contributed by atoms with E-state index in [4.69, 9.17) is 5.73 Å². The number of phenols is 1. The van der Waals surface area contributed by atoms with E-state index < -0.39 is 34.9 Å². The Morgan fingerprint density at radius 3 is 2.63 bits per heavy atom. The minimum Gasteiger partial charge on any atom is -0.507 e. The molecule has 1 aromatic carbocycles. The number of carboxylic acid groups (broad SMARTS) is 1. The largest absolute Gasteiger partial charge is 0.507 e. The first-order chi connectivity index (χ1) is 18.2. The van der Waals surface area contributed by atoms with Crippen LogP contribution in [0, 0.1) is 0 Å². The summed E-state index contributed by atoms with van der Waals surface area (Å²) in [5, 5.41) is 39.0. The second-order valence-corrected chi connectivity index (χ2v) is 10.4. The molecular weight excluding hydrogens is 536 g/mol. The van der Waals surface area contributed by atoms with Crippen molar-refractivity contribution in [3.05, 3.63) is 57.7 Å². The summed E-state index contributed by atoms with van der Waals surface area (Å²) < 4.78 is 0. The van der Waals surface area contributed by atoms with Crippen molar-refractivity contribution in [1.82, 2.24) is 20.5 Å². The van der Waals surface area contributed by atoms with Gasteiger partial charge in [0.2, 0.25) is 5.91 Å². The van der Waals surface area contributed by atoms with Gasteiger partial charge in [-0.1, -0.05) is 23.4 Å². The molecule has 2 saturated heterocycles. The molecule has 0 aliphatic carbocycles. The number of nitrogen functional groups attached to an aromatic ring is 1. The SMILES string of the molecule is Nc1nc(C(=NO)C(=O)N[C@@H]2C(=O)N3C(C(=O)O)=C(C(=C4CCNC4=O)c4ccccc4O)CS[C@H]23)cs1. The van der Waals surface area contributed by atoms with Gasteiger partial charge in [-0.3, -0.25) is 19.3 Å². The number of nitrogens with one attached hydrogen (secondary N) is 2. The van der Waals surface area contributed by atoms with Gasteiger partial charge in [-0.15, -0.1) is 23.1 Å². The summed E-state index contributed by atoms with van der Waals surface area (Å²) in [6, 6.07) is 5.16. The number of benzene rings is 1. The third-order valence-electron chi connectivity index (χ3n) is 6.25. The zero-order chi connectivity index (χ0) is 27.1. The Bertz CT molecular complexity index is 1480. The van der Waals surface area contributed by atoms with E-state index in [1.165, 1.54) is 23.2 Å². The van der Waals surface area contributed by atoms with Gasteiger partial charge >= 0.3 is 5.97 Å². The number of thioether (sulfide) groups is 1. The van der Waals surface area contributed by atoms with Crippen molar-refractivity contribution in [2.24, 2.45) is 5.16 Å². The Morgan fingerprint density at radius 2 is 2.03 bits per heavy atom. The molecule has 0 radical (unpaired) electrons. The Kier molecular flexibility index (Phi) is 6.54. The van der Waals surface area contributed by atoms with Crippen LogP contribution in [0.3, 0.4) is 0 Å². The molecule has 3 aliphatic heterocycles. The van der Waals surface area contributed by atoms with Gasteiger partial charge in [0, 0.05) is 40.0 Å². The smallest absolute Gasteiger partial charge is 0.352 e. The molecule has 3 amide bonds. The summed E-state index contributed by atoms with van der Waals surface area (Å²) in [6.45, 7) is 0.354. The van der Waals surface area contributed by atoms with Gasteiger partial charge in [0.15, 0.2) is 10.8 Å². The number of thiazole rings is 1. The Labute approximate surface area is 222 Å². The van der Waals surface area contributed by atoms with E-state index >= 15 is 0 Å². The molecule has 7 N–H and O–H groups in total. The van der Waals surface area contributed by atoms with Crippen molar-refractivity contribution >= 4 is 63.2 Å². The van der Waals surface area contributed by atoms with Gasteiger partial charge in [0.25, 0.3) is 11.8 Å². The van der Waals surface area contributed by atoms with Gasteiger partial charge in [-0.05, 0) is 12.5 Å². The van der Waals surface area contributed by atoms with Gasteiger partial charge in [-0.25, -0.2) is 9.78 Å². The van der Waals surface area contributed by atoms with Gasteiger partial charge in [-0.2, -0.15) is 0 Å². The number of hydrogen-bond acceptors (Lipinski definition) is 11. The molecule has 2 fully saturated rings. The van der Waals surface area contributed by atoms with Crippen LogP contribution in [-0.2, 0) is 19.2 Å². The molecule has 3 aliphatic rings. The number of carboxylic acids is 1. The normalized spacial score (nSPS) is 22.5. The minimum atomic E-state index is -1.40. The summed E-state index contributed by atoms with van der Waals surface area (Å²) in [6.07, 6.45) is 0.310. The van der Waals surface area contributed by atoms with E-state index in [0.29, 0.717) is 18.5 Å². The summed E-state index contributed by atoms with van der Waals surface area (Å²) in [5.74, 6) is -3.43. The summed E-state index contributed by atoms with van der Waals surface area (Å²) in [4.78, 5) is 56.0. The maximum atomic E-state index is 13.2. The number of carbonyl (C=O) groups excluding carboxylic acids is 3. The predicted molar refractivity (Wildman–Crippen MR) is 137 cm³/mol. The predicted octanol–water partition coefficient (Wildman–Crippen LogP) is 0.322. The van der Waals surface area contributed by atoms with Crippen molar-refractivity contribution in [2.75, 3.05) is 18.0 Å². The highest BCUT2D eigenvalue weighted by Gasteiger charge is 2.55. The number of anilines is 1. The summed E-state index contributed by atoms with van der Waals surface area (Å²) >= 11 is 2.22. The molecule has 0 spiro atoms. The number of aliphatic carboxylic acids is 1. The van der Waals surface area contributed by atoms with Crippen molar-refractivity contribution < 1.29 is 34.6 Å². The van der Waals surface area contributed by atoms with E-state index in [1.54, 1.807) is 18.2 Å². The monoisotopic (exact) mass is 556 g/mol. The molecule has 5 rings (SSSR count). The quantitative estimate of drug-likeness (QED) is 0.0944. The molecule has 15 heteroatoms. The maximum Gasteiger partial charge on any atom is 0.352 e. The number of nitrogens with two attached hydrogens (primary N) is 1. The Morgan fingerprint density at radius 1 is 1.26 bits per heavy atom. The number of oxime groups is 1. The first-order valence-corrected chi connectivity index (χ1v) is 13.1. The molecule has 0 bridgehead atoms. The lowest BCUT2D eigenvalue weighted by Crippen LogP contribution is -2.71. The van der Waals surface area contributed by atoms with Gasteiger partial charge in [0.05, 0.1) is 0 Å². The number of fused-ring (bicyclic) bond motifs is 1. The first kappa shape index (κ1) is 25.3. The average molecular weight is 557 g/mol. The van der Waals surface area contributed by atoms with Crippen LogP contribution in [0.5, 0.6) is 5.75 Å². The van der Waals surface area contributed by atoms with Crippen LogP contribution in [0.2, 0.25) is 0 Å². The summed E-state index contributed by atoms with van der Waals surface area (Å²) in [7, 11) is 0. The van der Waals surface area contributed by atoms with Crippen LogP contribution >= 0.6 is 23.1 Å². The number of para-hydroxylation sites is 1. The molecule has 13 nitrogen and oxygen atoms in total. The number of β-lactam (4-membered cyclic amide) rings is 1. The highest BCUT2D eigenvalue weighted by Crippen LogP contribution is 2.46. The fraction of sp³-hybridized carbons (Fsp3) is 0.217. The molecule has 196 valence electrons. The first-order valence-electron chi connectivity index (χ1n) is 11.2. The highest BCUT2D eigenvalue weighted by atomic mass is 32.2. The van der Waals surface area contributed by atoms with Crippen LogP contribution in [0.1, 0.15) is 17.7 Å². The topological polar surface area (TPSA) is 208 Å². The molecule has 2 aromatic rings. The molecule has 0 saturated carbocycles. The number of hydrogen-bond donors (Lipinski definition) is 6. The molecular formula is C23H20N6O7S2. The molecule has 4 heterocycles. The van der Waals surface area contributed by atoms with Crippen LogP contribution in [0.4, 0.5) is 5.13 Å². The number of phenolic OH excluding ortho intramolecular Hbond substituents is 1. The fourth-order valence-corrected chi connectivity index (χ4v) is 6.48. The average Bonchev–Trinajstić information content (AvgIpc) is 3.51. The zero-order valence-electron chi connectivity index (χ0n) is 19.4. The van der Waals surface area contributed by atoms with Crippen LogP contribution in [-0.4, -0.2) is 78.4 Å².